The first-order chi connectivity index (χ1) is 10.2. The molecule has 0 saturated carbocycles. The molecule has 3 atom stereocenters. The monoisotopic (exact) mass is 318 g/mol. The van der Waals surface area contributed by atoms with Gasteiger partial charge in [0.05, 0.1) is 11.8 Å². The molecule has 0 heterocycles. The van der Waals surface area contributed by atoms with Crippen LogP contribution in [0.1, 0.15) is 6.92 Å². The van der Waals surface area contributed by atoms with Gasteiger partial charge in [-0.05, 0) is 19.1 Å². The number of nitrogens with one attached hydrogen (secondary N) is 1. The van der Waals surface area contributed by atoms with E-state index in [1.54, 1.807) is 6.92 Å². The van der Waals surface area contributed by atoms with E-state index in [1.165, 1.54) is 18.2 Å². The summed E-state index contributed by atoms with van der Waals surface area (Å²) in [6, 6.07) is 5.15. The summed E-state index contributed by atoms with van der Waals surface area (Å²) >= 11 is 0. The van der Waals surface area contributed by atoms with Crippen LogP contribution in [0.4, 0.5) is 10.1 Å². The standard InChI is InChI=1S/C10H10FNO5.C3H9NO/c11-5-3-1-2-4-6(5)12-9(15)7(13)8(14)10(16)17;1-3(5)2-4/h1-4,7-8,13-14H,(H,12,15)(H,16,17);3,5H,2,4H2,1H3/t7-,8-;3-/m11/s1. The smallest absolute Gasteiger partial charge is 0.335 e. The molecule has 0 bridgehead atoms. The van der Waals surface area contributed by atoms with Crippen molar-refractivity contribution in [2.24, 2.45) is 5.73 Å². The number of hydrogen-bond acceptors (Lipinski definition) is 6. The first-order valence-corrected chi connectivity index (χ1v) is 6.23. The number of anilines is 1. The highest BCUT2D eigenvalue weighted by atomic mass is 19.1. The van der Waals surface area contributed by atoms with E-state index >= 15 is 0 Å². The lowest BCUT2D eigenvalue weighted by Crippen LogP contribution is -2.42. The first kappa shape index (κ1) is 19.9. The van der Waals surface area contributed by atoms with Gasteiger partial charge in [-0.25, -0.2) is 9.18 Å². The summed E-state index contributed by atoms with van der Waals surface area (Å²) in [5.74, 6) is -3.69. The Balaban J connectivity index is 0.000000763. The van der Waals surface area contributed by atoms with Gasteiger partial charge < -0.3 is 31.5 Å². The minimum Gasteiger partial charge on any atom is -0.479 e. The lowest BCUT2D eigenvalue weighted by molar-refractivity contribution is -0.156. The summed E-state index contributed by atoms with van der Waals surface area (Å²) in [5, 5.41) is 36.6. The van der Waals surface area contributed by atoms with E-state index in [2.05, 4.69) is 0 Å². The first-order valence-electron chi connectivity index (χ1n) is 6.23. The van der Waals surface area contributed by atoms with Crippen LogP contribution in [0.5, 0.6) is 0 Å². The van der Waals surface area contributed by atoms with Crippen molar-refractivity contribution in [2.45, 2.75) is 25.2 Å². The molecule has 0 aliphatic carbocycles. The molecule has 1 amide bonds. The fourth-order valence-electron chi connectivity index (χ4n) is 1.05. The van der Waals surface area contributed by atoms with Gasteiger partial charge in [0.1, 0.15) is 5.82 Å². The fourth-order valence-corrected chi connectivity index (χ4v) is 1.05. The van der Waals surface area contributed by atoms with E-state index in [0.29, 0.717) is 6.54 Å². The molecule has 0 spiro atoms. The Morgan fingerprint density at radius 2 is 1.73 bits per heavy atom. The molecule has 7 N–H and O–H groups in total. The molecule has 0 radical (unpaired) electrons. The third kappa shape index (κ3) is 7.09. The zero-order valence-electron chi connectivity index (χ0n) is 11.8. The summed E-state index contributed by atoms with van der Waals surface area (Å²) < 4.78 is 13.1. The van der Waals surface area contributed by atoms with Crippen molar-refractivity contribution in [1.82, 2.24) is 0 Å². The van der Waals surface area contributed by atoms with Crippen LogP contribution < -0.4 is 11.1 Å². The normalized spacial score (nSPS) is 14.1. The van der Waals surface area contributed by atoms with E-state index < -0.39 is 29.9 Å². The lowest BCUT2D eigenvalue weighted by Gasteiger charge is -2.14. The van der Waals surface area contributed by atoms with Crippen LogP contribution in [0.25, 0.3) is 0 Å². The molecule has 1 aromatic carbocycles. The van der Waals surface area contributed by atoms with Crippen LogP contribution in [-0.2, 0) is 9.59 Å². The molecule has 124 valence electrons. The minimum absolute atomic E-state index is 0.214. The van der Waals surface area contributed by atoms with E-state index in [-0.39, 0.29) is 11.8 Å². The highest BCUT2D eigenvalue weighted by Crippen LogP contribution is 2.13. The van der Waals surface area contributed by atoms with E-state index in [4.69, 9.17) is 26.2 Å². The number of amides is 1. The number of aliphatic carboxylic acids is 1. The maximum Gasteiger partial charge on any atom is 0.335 e. The zero-order chi connectivity index (χ0) is 17.3. The van der Waals surface area contributed by atoms with Crippen LogP contribution in [0.3, 0.4) is 0 Å². The number of carbonyl (C=O) groups excluding carboxylic acids is 1. The number of carbonyl (C=O) groups is 2. The Hall–Kier alpha value is -2.07. The van der Waals surface area contributed by atoms with Gasteiger partial charge in [0.2, 0.25) is 0 Å². The Bertz CT molecular complexity index is 497. The third-order valence-electron chi connectivity index (χ3n) is 2.29. The lowest BCUT2D eigenvalue weighted by atomic mass is 10.2. The molecular weight excluding hydrogens is 299 g/mol. The number of aliphatic hydroxyl groups is 3. The summed E-state index contributed by atoms with van der Waals surface area (Å²) in [6.45, 7) is 2.01. The SMILES string of the molecule is C[C@@H](O)CN.O=C(O)[C@H](O)[C@@H](O)C(=O)Nc1ccccc1F. The number of halogens is 1. The number of carboxylic acids is 1. The van der Waals surface area contributed by atoms with Crippen molar-refractivity contribution in [2.75, 3.05) is 11.9 Å². The molecular formula is C13H19FN2O6. The number of benzene rings is 1. The molecule has 1 aromatic rings. The highest BCUT2D eigenvalue weighted by Gasteiger charge is 2.30. The Morgan fingerprint density at radius 1 is 1.23 bits per heavy atom. The predicted molar refractivity (Wildman–Crippen MR) is 75.4 cm³/mol. The van der Waals surface area contributed by atoms with Crippen molar-refractivity contribution < 1.29 is 34.4 Å². The molecule has 0 fully saturated rings. The Kier molecular flexibility index (Phi) is 8.87. The second-order valence-corrected chi connectivity index (χ2v) is 4.28. The Labute approximate surface area is 126 Å². The van der Waals surface area contributed by atoms with Crippen molar-refractivity contribution in [3.63, 3.8) is 0 Å². The largest absolute Gasteiger partial charge is 0.479 e. The maximum atomic E-state index is 13.1. The molecule has 8 nitrogen and oxygen atoms in total. The molecule has 0 aromatic heterocycles. The molecule has 22 heavy (non-hydrogen) atoms. The molecule has 0 aliphatic rings. The third-order valence-corrected chi connectivity index (χ3v) is 2.29. The zero-order valence-corrected chi connectivity index (χ0v) is 11.8. The van der Waals surface area contributed by atoms with Crippen molar-refractivity contribution in [1.29, 1.82) is 0 Å². The summed E-state index contributed by atoms with van der Waals surface area (Å²) in [7, 11) is 0. The van der Waals surface area contributed by atoms with Gasteiger partial charge in [-0.15, -0.1) is 0 Å². The highest BCUT2D eigenvalue weighted by molar-refractivity contribution is 5.97. The summed E-state index contributed by atoms with van der Waals surface area (Å²) in [4.78, 5) is 21.6. The number of carboxylic acid groups (broad SMARTS) is 1. The molecule has 0 aliphatic heterocycles. The quantitative estimate of drug-likeness (QED) is 0.403. The summed E-state index contributed by atoms with van der Waals surface area (Å²) in [6.07, 6.45) is -4.77. The van der Waals surface area contributed by atoms with Gasteiger partial charge in [-0.2, -0.15) is 0 Å². The van der Waals surface area contributed by atoms with E-state index in [0.717, 1.165) is 6.07 Å². The van der Waals surface area contributed by atoms with Crippen LogP contribution >= 0.6 is 0 Å². The van der Waals surface area contributed by atoms with Gasteiger partial charge in [-0.3, -0.25) is 4.79 Å². The van der Waals surface area contributed by atoms with Gasteiger partial charge in [0, 0.05) is 6.54 Å². The van der Waals surface area contributed by atoms with Crippen LogP contribution in [0, 0.1) is 5.82 Å². The van der Waals surface area contributed by atoms with Crippen molar-refractivity contribution >= 4 is 17.6 Å². The number of hydrogen-bond donors (Lipinski definition) is 6. The van der Waals surface area contributed by atoms with Crippen molar-refractivity contribution in [3.8, 4) is 0 Å². The molecule has 0 unspecified atom stereocenters. The van der Waals surface area contributed by atoms with Crippen LogP contribution in [0.2, 0.25) is 0 Å². The van der Waals surface area contributed by atoms with Gasteiger partial charge in [-0.1, -0.05) is 12.1 Å². The molecule has 9 heteroatoms. The number of nitrogens with two attached hydrogens (primary N) is 1. The predicted octanol–water partition coefficient (Wildman–Crippen LogP) is -1.10. The van der Waals surface area contributed by atoms with E-state index in [9.17, 15) is 14.0 Å². The molecule has 1 rings (SSSR count). The number of rotatable bonds is 5. The van der Waals surface area contributed by atoms with Gasteiger partial charge in [0.25, 0.3) is 5.91 Å². The second-order valence-electron chi connectivity index (χ2n) is 4.28. The fraction of sp³-hybridized carbons (Fsp3) is 0.385. The Morgan fingerprint density at radius 3 is 2.14 bits per heavy atom. The summed E-state index contributed by atoms with van der Waals surface area (Å²) in [5.41, 5.74) is 4.71. The van der Waals surface area contributed by atoms with Crippen LogP contribution in [-0.4, -0.2) is 57.2 Å². The molecule has 0 saturated heterocycles. The number of aliphatic hydroxyl groups excluding tert-OH is 3. The average molecular weight is 318 g/mol. The van der Waals surface area contributed by atoms with Crippen molar-refractivity contribution in [3.05, 3.63) is 30.1 Å². The van der Waals surface area contributed by atoms with Gasteiger partial charge >= 0.3 is 5.97 Å². The van der Waals surface area contributed by atoms with Gasteiger partial charge in [0.15, 0.2) is 12.2 Å². The average Bonchev–Trinajstić information content (AvgIpc) is 2.48. The maximum absolute atomic E-state index is 13.1. The minimum atomic E-state index is -2.26. The topological polar surface area (TPSA) is 153 Å². The van der Waals surface area contributed by atoms with E-state index in [1.807, 2.05) is 5.32 Å². The second kappa shape index (κ2) is 9.79. The van der Waals surface area contributed by atoms with Crippen LogP contribution in [0.15, 0.2) is 24.3 Å². The number of para-hydroxylation sites is 1.